The third-order valence-corrected chi connectivity index (χ3v) is 7.98. The SMILES string of the molecule is S=C=Nc1ccc(N2CCN(c3ccc(OC[C@@H]4CO[C@@](Cn5cncn5)(c5ccc(Cl)cc5Cl)O4)cc3)CC2)cc1. The fraction of sp³-hybridized carbons (Fsp3) is 0.300. The Labute approximate surface area is 259 Å². The molecule has 2 saturated heterocycles. The van der Waals surface area contributed by atoms with Gasteiger partial charge in [-0.3, -0.25) is 0 Å². The Balaban J connectivity index is 1.04. The van der Waals surface area contributed by atoms with Gasteiger partial charge in [-0.15, -0.1) is 0 Å². The number of benzene rings is 3. The molecule has 2 aliphatic rings. The first-order valence-corrected chi connectivity index (χ1v) is 14.7. The van der Waals surface area contributed by atoms with Crippen LogP contribution in [0, 0.1) is 0 Å². The second-order valence-corrected chi connectivity index (χ2v) is 11.0. The van der Waals surface area contributed by atoms with Gasteiger partial charge in [0, 0.05) is 48.1 Å². The number of aromatic nitrogens is 3. The van der Waals surface area contributed by atoms with Crippen LogP contribution in [0.25, 0.3) is 0 Å². The van der Waals surface area contributed by atoms with Gasteiger partial charge in [-0.05, 0) is 72.9 Å². The molecule has 0 N–H and O–H groups in total. The van der Waals surface area contributed by atoms with Crippen molar-refractivity contribution in [3.05, 3.63) is 95.0 Å². The molecule has 4 aromatic rings. The highest BCUT2D eigenvalue weighted by Gasteiger charge is 2.45. The molecule has 0 radical (unpaired) electrons. The fourth-order valence-electron chi connectivity index (χ4n) is 5.24. The number of halogens is 2. The summed E-state index contributed by atoms with van der Waals surface area (Å²) in [5.74, 6) is -0.381. The van der Waals surface area contributed by atoms with Crippen molar-refractivity contribution in [3.63, 3.8) is 0 Å². The molecule has 0 amide bonds. The molecule has 6 rings (SSSR count). The molecule has 42 heavy (non-hydrogen) atoms. The first-order valence-electron chi connectivity index (χ1n) is 13.5. The van der Waals surface area contributed by atoms with E-state index < -0.39 is 5.79 Å². The standard InChI is InChI=1S/C30H28Cl2N6O3S/c31-22-1-10-28(29(32)15-22)30(18-38-20-33-19-35-38)40-17-27(41-30)16-39-26-8-6-25(7-9-26)37-13-11-36(12-14-37)24-4-2-23(3-5-24)34-21-42/h1-10,15,19-20,27H,11-14,16-18H2/t27-,30-/m1/s1. The van der Waals surface area contributed by atoms with E-state index in [0.717, 1.165) is 43.3 Å². The Morgan fingerprint density at radius 3 is 2.29 bits per heavy atom. The van der Waals surface area contributed by atoms with E-state index >= 15 is 0 Å². The molecule has 0 saturated carbocycles. The van der Waals surface area contributed by atoms with Crippen LogP contribution in [-0.4, -0.2) is 65.4 Å². The topological polar surface area (TPSA) is 77.2 Å². The van der Waals surface area contributed by atoms with Gasteiger partial charge in [-0.2, -0.15) is 10.1 Å². The van der Waals surface area contributed by atoms with Gasteiger partial charge >= 0.3 is 0 Å². The highest BCUT2D eigenvalue weighted by molar-refractivity contribution is 7.78. The fourth-order valence-corrected chi connectivity index (χ4v) is 5.90. The van der Waals surface area contributed by atoms with E-state index in [9.17, 15) is 0 Å². The Morgan fingerprint density at radius 2 is 1.67 bits per heavy atom. The van der Waals surface area contributed by atoms with Gasteiger partial charge < -0.3 is 24.0 Å². The molecule has 3 aromatic carbocycles. The molecule has 0 unspecified atom stereocenters. The van der Waals surface area contributed by atoms with Crippen molar-refractivity contribution in [3.8, 4) is 5.75 Å². The lowest BCUT2D eigenvalue weighted by Gasteiger charge is -2.37. The maximum absolute atomic E-state index is 6.56. The van der Waals surface area contributed by atoms with Gasteiger partial charge in [-0.1, -0.05) is 29.3 Å². The normalized spacial score (nSPS) is 20.4. The molecule has 9 nitrogen and oxygen atoms in total. The van der Waals surface area contributed by atoms with Crippen LogP contribution in [0.3, 0.4) is 0 Å². The molecule has 3 heterocycles. The monoisotopic (exact) mass is 622 g/mol. The number of nitrogens with zero attached hydrogens (tertiary/aromatic N) is 6. The smallest absolute Gasteiger partial charge is 0.217 e. The number of hydrogen-bond donors (Lipinski definition) is 0. The maximum atomic E-state index is 6.56. The third kappa shape index (κ3) is 6.44. The van der Waals surface area contributed by atoms with Crippen molar-refractivity contribution in [1.29, 1.82) is 0 Å². The summed E-state index contributed by atoms with van der Waals surface area (Å²) < 4.78 is 20.4. The van der Waals surface area contributed by atoms with E-state index in [4.69, 9.17) is 37.4 Å². The van der Waals surface area contributed by atoms with Crippen LogP contribution in [-0.2, 0) is 21.8 Å². The first kappa shape index (κ1) is 28.6. The van der Waals surface area contributed by atoms with Crippen molar-refractivity contribution in [2.24, 2.45) is 4.99 Å². The second kappa shape index (κ2) is 12.8. The lowest BCUT2D eigenvalue weighted by Crippen LogP contribution is -2.46. The second-order valence-electron chi connectivity index (χ2n) is 10.0. The zero-order chi connectivity index (χ0) is 28.9. The van der Waals surface area contributed by atoms with Crippen LogP contribution >= 0.6 is 35.4 Å². The Kier molecular flexibility index (Phi) is 8.71. The Bertz CT molecular complexity index is 1540. The van der Waals surface area contributed by atoms with Gasteiger partial charge in [0.15, 0.2) is 0 Å². The number of anilines is 2. The first-order chi connectivity index (χ1) is 20.5. The number of ether oxygens (including phenoxy) is 3. The van der Waals surface area contributed by atoms with Crippen LogP contribution in [0.5, 0.6) is 5.75 Å². The molecular formula is C30H28Cl2N6O3S. The highest BCUT2D eigenvalue weighted by Crippen LogP contribution is 2.40. The van der Waals surface area contributed by atoms with Crippen LogP contribution in [0.1, 0.15) is 5.56 Å². The van der Waals surface area contributed by atoms with Crippen LogP contribution in [0.2, 0.25) is 10.0 Å². The van der Waals surface area contributed by atoms with Gasteiger partial charge in [0.1, 0.15) is 37.7 Å². The summed E-state index contributed by atoms with van der Waals surface area (Å²) >= 11 is 17.4. The van der Waals surface area contributed by atoms with E-state index in [0.29, 0.717) is 28.8 Å². The average molecular weight is 624 g/mol. The summed E-state index contributed by atoms with van der Waals surface area (Å²) in [5, 5.41) is 7.62. The number of thiocarbonyl (C=S) groups is 1. The molecule has 0 aliphatic carbocycles. The van der Waals surface area contributed by atoms with E-state index in [1.807, 2.05) is 30.3 Å². The summed E-state index contributed by atoms with van der Waals surface area (Å²) in [6, 6.07) is 21.5. The van der Waals surface area contributed by atoms with Gasteiger partial charge in [0.25, 0.3) is 0 Å². The number of hydrogen-bond acceptors (Lipinski definition) is 9. The Morgan fingerprint density at radius 1 is 0.976 bits per heavy atom. The summed E-state index contributed by atoms with van der Waals surface area (Å²) in [7, 11) is 0. The van der Waals surface area contributed by atoms with Crippen LogP contribution in [0.15, 0.2) is 84.4 Å². The minimum atomic E-state index is -1.14. The van der Waals surface area contributed by atoms with Crippen molar-refractivity contribution in [2.75, 3.05) is 49.2 Å². The Hall–Kier alpha value is -3.50. The van der Waals surface area contributed by atoms with Gasteiger partial charge in [0.2, 0.25) is 5.79 Å². The van der Waals surface area contributed by atoms with Crippen LogP contribution < -0.4 is 14.5 Å². The minimum Gasteiger partial charge on any atom is -0.491 e. The quantitative estimate of drug-likeness (QED) is 0.166. The van der Waals surface area contributed by atoms with E-state index in [1.54, 1.807) is 23.1 Å². The molecule has 12 heteroatoms. The third-order valence-electron chi connectivity index (χ3n) is 7.34. The molecule has 216 valence electrons. The number of rotatable bonds is 9. The van der Waals surface area contributed by atoms with E-state index in [1.165, 1.54) is 12.0 Å². The summed E-state index contributed by atoms with van der Waals surface area (Å²) in [5.41, 5.74) is 3.84. The van der Waals surface area contributed by atoms with Crippen LogP contribution in [0.4, 0.5) is 17.1 Å². The zero-order valence-electron chi connectivity index (χ0n) is 22.6. The zero-order valence-corrected chi connectivity index (χ0v) is 24.9. The minimum absolute atomic E-state index is 0.278. The van der Waals surface area contributed by atoms with E-state index in [2.05, 4.69) is 66.5 Å². The number of piperazine rings is 1. The van der Waals surface area contributed by atoms with Crippen molar-refractivity contribution >= 4 is 57.6 Å². The predicted molar refractivity (Wildman–Crippen MR) is 166 cm³/mol. The molecule has 0 bridgehead atoms. The maximum Gasteiger partial charge on any atom is 0.217 e. The predicted octanol–water partition coefficient (Wildman–Crippen LogP) is 5.99. The summed E-state index contributed by atoms with van der Waals surface area (Å²) in [6.07, 6.45) is 2.76. The van der Waals surface area contributed by atoms with Crippen molar-refractivity contribution in [1.82, 2.24) is 14.8 Å². The molecule has 0 spiro atoms. The van der Waals surface area contributed by atoms with Gasteiger partial charge in [-0.25, -0.2) is 9.67 Å². The molecule has 1 aromatic heterocycles. The molecular weight excluding hydrogens is 595 g/mol. The lowest BCUT2D eigenvalue weighted by atomic mass is 10.1. The van der Waals surface area contributed by atoms with Crippen molar-refractivity contribution < 1.29 is 14.2 Å². The van der Waals surface area contributed by atoms with Crippen molar-refractivity contribution in [2.45, 2.75) is 18.4 Å². The summed E-state index contributed by atoms with van der Waals surface area (Å²) in [6.45, 7) is 4.64. The molecule has 2 atom stereocenters. The average Bonchev–Trinajstić information content (AvgIpc) is 3.68. The summed E-state index contributed by atoms with van der Waals surface area (Å²) in [4.78, 5) is 12.8. The number of isothiocyanates is 1. The molecule has 2 fully saturated rings. The molecule has 2 aliphatic heterocycles. The largest absolute Gasteiger partial charge is 0.491 e. The highest BCUT2D eigenvalue weighted by atomic mass is 35.5. The number of aliphatic imine (C=N–C) groups is 1. The van der Waals surface area contributed by atoms with E-state index in [-0.39, 0.29) is 12.6 Å². The lowest BCUT2D eigenvalue weighted by molar-refractivity contribution is -0.190. The van der Waals surface area contributed by atoms with Gasteiger partial charge in [0.05, 0.1) is 22.5 Å².